The lowest BCUT2D eigenvalue weighted by molar-refractivity contribution is 0.503. The molecule has 2 rings (SSSR count). The SMILES string of the molecule is CCCNC(Cc1ccccc1Br)c1ncc(C)cn1. The van der Waals surface area contributed by atoms with Gasteiger partial charge >= 0.3 is 0 Å². The van der Waals surface area contributed by atoms with Crippen molar-refractivity contribution in [3.05, 3.63) is 58.1 Å². The summed E-state index contributed by atoms with van der Waals surface area (Å²) in [4.78, 5) is 8.94. The van der Waals surface area contributed by atoms with E-state index in [0.29, 0.717) is 0 Å². The molecule has 106 valence electrons. The molecule has 0 aliphatic heterocycles. The van der Waals surface area contributed by atoms with Gasteiger partial charge in [-0.25, -0.2) is 9.97 Å². The van der Waals surface area contributed by atoms with Crippen LogP contribution in [0.2, 0.25) is 0 Å². The molecule has 1 atom stereocenters. The first-order valence-electron chi connectivity index (χ1n) is 6.96. The predicted molar refractivity (Wildman–Crippen MR) is 85.6 cm³/mol. The van der Waals surface area contributed by atoms with Crippen molar-refractivity contribution in [3.8, 4) is 0 Å². The van der Waals surface area contributed by atoms with Gasteiger partial charge in [-0.3, -0.25) is 0 Å². The third-order valence-electron chi connectivity index (χ3n) is 3.14. The summed E-state index contributed by atoms with van der Waals surface area (Å²) in [6.45, 7) is 5.14. The van der Waals surface area contributed by atoms with E-state index in [1.165, 1.54) is 5.56 Å². The minimum Gasteiger partial charge on any atom is -0.307 e. The van der Waals surface area contributed by atoms with Crippen molar-refractivity contribution in [2.45, 2.75) is 32.7 Å². The predicted octanol–water partition coefficient (Wildman–Crippen LogP) is 3.83. The lowest BCUT2D eigenvalue weighted by Gasteiger charge is -2.18. The first kappa shape index (κ1) is 15.1. The van der Waals surface area contributed by atoms with Crippen molar-refractivity contribution in [2.75, 3.05) is 6.54 Å². The van der Waals surface area contributed by atoms with Crippen LogP contribution in [0.15, 0.2) is 41.1 Å². The topological polar surface area (TPSA) is 37.8 Å². The normalized spacial score (nSPS) is 12.3. The molecular weight excluding hydrogens is 314 g/mol. The van der Waals surface area contributed by atoms with Crippen molar-refractivity contribution >= 4 is 15.9 Å². The molecule has 1 aromatic carbocycles. The molecule has 1 N–H and O–H groups in total. The molecule has 1 heterocycles. The third kappa shape index (κ3) is 4.12. The van der Waals surface area contributed by atoms with E-state index < -0.39 is 0 Å². The number of halogens is 1. The van der Waals surface area contributed by atoms with E-state index in [1.807, 2.05) is 25.4 Å². The average molecular weight is 334 g/mol. The quantitative estimate of drug-likeness (QED) is 0.872. The number of hydrogen-bond acceptors (Lipinski definition) is 3. The standard InChI is InChI=1S/C16H20BrN3/c1-3-8-18-15(16-19-10-12(2)11-20-16)9-13-6-4-5-7-14(13)17/h4-7,10-11,15,18H,3,8-9H2,1-2H3. The molecule has 0 saturated carbocycles. The van der Waals surface area contributed by atoms with E-state index in [9.17, 15) is 0 Å². The highest BCUT2D eigenvalue weighted by molar-refractivity contribution is 9.10. The highest BCUT2D eigenvalue weighted by atomic mass is 79.9. The van der Waals surface area contributed by atoms with Crippen molar-refractivity contribution in [3.63, 3.8) is 0 Å². The summed E-state index contributed by atoms with van der Waals surface area (Å²) < 4.78 is 1.13. The maximum atomic E-state index is 4.47. The van der Waals surface area contributed by atoms with Gasteiger partial charge in [-0.2, -0.15) is 0 Å². The smallest absolute Gasteiger partial charge is 0.145 e. The summed E-state index contributed by atoms with van der Waals surface area (Å²) in [5, 5.41) is 3.54. The number of aryl methyl sites for hydroxylation is 1. The van der Waals surface area contributed by atoms with Crippen molar-refractivity contribution in [1.82, 2.24) is 15.3 Å². The fraction of sp³-hybridized carbons (Fsp3) is 0.375. The van der Waals surface area contributed by atoms with Gasteiger partial charge in [-0.1, -0.05) is 41.1 Å². The zero-order chi connectivity index (χ0) is 14.4. The average Bonchev–Trinajstić information content (AvgIpc) is 2.46. The first-order chi connectivity index (χ1) is 9.70. The van der Waals surface area contributed by atoms with Gasteiger partial charge in [0.15, 0.2) is 0 Å². The Balaban J connectivity index is 2.19. The number of benzene rings is 1. The Hall–Kier alpha value is -1.26. The monoisotopic (exact) mass is 333 g/mol. The summed E-state index contributed by atoms with van der Waals surface area (Å²) in [5.41, 5.74) is 2.36. The maximum absolute atomic E-state index is 4.47. The Morgan fingerprint density at radius 3 is 2.55 bits per heavy atom. The summed E-state index contributed by atoms with van der Waals surface area (Å²) >= 11 is 3.61. The van der Waals surface area contributed by atoms with Gasteiger partial charge in [-0.15, -0.1) is 0 Å². The van der Waals surface area contributed by atoms with Crippen molar-refractivity contribution in [2.24, 2.45) is 0 Å². The summed E-state index contributed by atoms with van der Waals surface area (Å²) in [5.74, 6) is 0.861. The largest absolute Gasteiger partial charge is 0.307 e. The molecule has 0 fully saturated rings. The minimum absolute atomic E-state index is 0.147. The van der Waals surface area contributed by atoms with Gasteiger partial charge in [-0.05, 0) is 43.5 Å². The number of rotatable bonds is 6. The lowest BCUT2D eigenvalue weighted by atomic mass is 10.1. The molecule has 0 radical (unpaired) electrons. The van der Waals surface area contributed by atoms with Crippen LogP contribution in [-0.4, -0.2) is 16.5 Å². The Kier molecular flexibility index (Phi) is 5.68. The van der Waals surface area contributed by atoms with Crippen LogP contribution < -0.4 is 5.32 Å². The zero-order valence-electron chi connectivity index (χ0n) is 11.9. The van der Waals surface area contributed by atoms with Crippen LogP contribution in [0.5, 0.6) is 0 Å². The molecule has 0 amide bonds. The Bertz CT molecular complexity index is 540. The molecule has 1 aromatic heterocycles. The van der Waals surface area contributed by atoms with E-state index in [4.69, 9.17) is 0 Å². The Labute approximate surface area is 129 Å². The molecule has 0 aliphatic carbocycles. The second-order valence-corrected chi connectivity index (χ2v) is 5.78. The lowest BCUT2D eigenvalue weighted by Crippen LogP contribution is -2.26. The summed E-state index contributed by atoms with van der Waals surface area (Å²) in [6.07, 6.45) is 5.73. The van der Waals surface area contributed by atoms with Crippen LogP contribution in [0.4, 0.5) is 0 Å². The molecule has 3 nitrogen and oxygen atoms in total. The molecule has 2 aromatic rings. The molecule has 0 saturated heterocycles. The van der Waals surface area contributed by atoms with Gasteiger partial charge in [0.1, 0.15) is 5.82 Å². The number of nitrogens with one attached hydrogen (secondary N) is 1. The fourth-order valence-corrected chi connectivity index (χ4v) is 2.49. The molecular formula is C16H20BrN3. The van der Waals surface area contributed by atoms with E-state index in [1.54, 1.807) is 0 Å². The van der Waals surface area contributed by atoms with Gasteiger partial charge in [0.25, 0.3) is 0 Å². The van der Waals surface area contributed by atoms with E-state index in [-0.39, 0.29) is 6.04 Å². The van der Waals surface area contributed by atoms with Crippen LogP contribution >= 0.6 is 15.9 Å². The van der Waals surface area contributed by atoms with Crippen LogP contribution in [-0.2, 0) is 6.42 Å². The Morgan fingerprint density at radius 2 is 1.90 bits per heavy atom. The first-order valence-corrected chi connectivity index (χ1v) is 7.75. The number of aromatic nitrogens is 2. The molecule has 20 heavy (non-hydrogen) atoms. The molecule has 4 heteroatoms. The molecule has 0 bridgehead atoms. The minimum atomic E-state index is 0.147. The summed E-state index contributed by atoms with van der Waals surface area (Å²) in [6, 6.07) is 8.45. The molecule has 0 aliphatic rings. The van der Waals surface area contributed by atoms with E-state index in [0.717, 1.165) is 35.2 Å². The number of hydrogen-bond donors (Lipinski definition) is 1. The van der Waals surface area contributed by atoms with Crippen LogP contribution in [0.3, 0.4) is 0 Å². The third-order valence-corrected chi connectivity index (χ3v) is 3.91. The summed E-state index contributed by atoms with van der Waals surface area (Å²) in [7, 11) is 0. The zero-order valence-corrected chi connectivity index (χ0v) is 13.5. The van der Waals surface area contributed by atoms with Crippen molar-refractivity contribution in [1.29, 1.82) is 0 Å². The highest BCUT2D eigenvalue weighted by Crippen LogP contribution is 2.22. The van der Waals surface area contributed by atoms with Gasteiger partial charge in [0.05, 0.1) is 6.04 Å². The Morgan fingerprint density at radius 1 is 1.20 bits per heavy atom. The second kappa shape index (κ2) is 7.50. The van der Waals surface area contributed by atoms with Crippen LogP contribution in [0.1, 0.15) is 36.3 Å². The van der Waals surface area contributed by atoms with Gasteiger partial charge in [0, 0.05) is 16.9 Å². The van der Waals surface area contributed by atoms with Gasteiger partial charge in [0.2, 0.25) is 0 Å². The van der Waals surface area contributed by atoms with E-state index >= 15 is 0 Å². The van der Waals surface area contributed by atoms with Crippen LogP contribution in [0.25, 0.3) is 0 Å². The van der Waals surface area contributed by atoms with E-state index in [2.05, 4.69) is 56.3 Å². The number of nitrogens with zero attached hydrogens (tertiary/aromatic N) is 2. The second-order valence-electron chi connectivity index (χ2n) is 4.92. The van der Waals surface area contributed by atoms with Crippen LogP contribution in [0, 0.1) is 6.92 Å². The molecule has 1 unspecified atom stereocenters. The maximum Gasteiger partial charge on any atom is 0.145 e. The van der Waals surface area contributed by atoms with Crippen molar-refractivity contribution < 1.29 is 0 Å². The fourth-order valence-electron chi connectivity index (χ4n) is 2.04. The molecule has 0 spiro atoms. The highest BCUT2D eigenvalue weighted by Gasteiger charge is 2.15. The van der Waals surface area contributed by atoms with Gasteiger partial charge < -0.3 is 5.32 Å².